The molecule has 0 bridgehead atoms. The fraction of sp³-hybridized carbons (Fsp3) is 0.273. The molecule has 1 aromatic carbocycles. The average molecular weight is 419 g/mol. The summed E-state index contributed by atoms with van der Waals surface area (Å²) in [5, 5.41) is 18.1. The smallest absolute Gasteiger partial charge is 0.216 e. The van der Waals surface area contributed by atoms with E-state index >= 15 is 0 Å². The molecule has 31 heavy (non-hydrogen) atoms. The molecule has 0 aliphatic rings. The van der Waals surface area contributed by atoms with Crippen molar-refractivity contribution in [3.8, 4) is 11.6 Å². The molecule has 0 radical (unpaired) electrons. The maximum Gasteiger partial charge on any atom is 0.216 e. The number of hydrogen-bond acceptors (Lipinski definition) is 5. The number of nitrogens with zero attached hydrogens (tertiary/aromatic N) is 5. The standard InChI is InChI=1S/C22H26N8O/c1-2-23-22(24-12-10-20-27-21(29-28-20)19-9-5-14-31-19)25-15-17-7-3-4-8-18(17)16-30-13-6-11-26-30/h3-9,11,13-14H,2,10,12,15-16H2,1H3,(H2,23,24,25)(H,27,28,29). The quantitative estimate of drug-likeness (QED) is 0.285. The average Bonchev–Trinajstić information content (AvgIpc) is 3.55. The van der Waals surface area contributed by atoms with Gasteiger partial charge in [-0.15, -0.1) is 0 Å². The summed E-state index contributed by atoms with van der Waals surface area (Å²) in [6.45, 7) is 4.82. The van der Waals surface area contributed by atoms with E-state index in [1.54, 1.807) is 12.5 Å². The summed E-state index contributed by atoms with van der Waals surface area (Å²) < 4.78 is 7.25. The highest BCUT2D eigenvalue weighted by atomic mass is 16.3. The maximum atomic E-state index is 5.33. The van der Waals surface area contributed by atoms with E-state index in [1.807, 2.05) is 41.2 Å². The van der Waals surface area contributed by atoms with Crippen LogP contribution in [0.25, 0.3) is 11.6 Å². The van der Waals surface area contributed by atoms with Crippen LogP contribution < -0.4 is 10.6 Å². The number of rotatable bonds is 9. The van der Waals surface area contributed by atoms with Gasteiger partial charge in [0, 0.05) is 31.9 Å². The second kappa shape index (κ2) is 10.2. The molecule has 0 atom stereocenters. The number of nitrogens with one attached hydrogen (secondary N) is 3. The fourth-order valence-electron chi connectivity index (χ4n) is 3.16. The molecule has 0 amide bonds. The molecule has 0 aliphatic heterocycles. The lowest BCUT2D eigenvalue weighted by Gasteiger charge is -2.12. The van der Waals surface area contributed by atoms with Gasteiger partial charge >= 0.3 is 0 Å². The van der Waals surface area contributed by atoms with Crippen molar-refractivity contribution >= 4 is 5.96 Å². The van der Waals surface area contributed by atoms with Gasteiger partial charge in [-0.1, -0.05) is 24.3 Å². The van der Waals surface area contributed by atoms with Gasteiger partial charge in [0.15, 0.2) is 11.7 Å². The van der Waals surface area contributed by atoms with Crippen LogP contribution in [-0.2, 0) is 19.5 Å². The predicted octanol–water partition coefficient (Wildman–Crippen LogP) is 2.61. The Morgan fingerprint density at radius 3 is 2.81 bits per heavy atom. The second-order valence-electron chi connectivity index (χ2n) is 6.93. The van der Waals surface area contributed by atoms with Gasteiger partial charge in [-0.05, 0) is 36.2 Å². The van der Waals surface area contributed by atoms with E-state index in [4.69, 9.17) is 9.41 Å². The highest BCUT2D eigenvalue weighted by Crippen LogP contribution is 2.14. The van der Waals surface area contributed by atoms with E-state index in [1.165, 1.54) is 11.1 Å². The maximum absolute atomic E-state index is 5.33. The van der Waals surface area contributed by atoms with Gasteiger partial charge in [-0.25, -0.2) is 9.98 Å². The number of benzene rings is 1. The summed E-state index contributed by atoms with van der Waals surface area (Å²) in [5.74, 6) is 2.77. The van der Waals surface area contributed by atoms with E-state index in [0.29, 0.717) is 31.1 Å². The summed E-state index contributed by atoms with van der Waals surface area (Å²) in [7, 11) is 0. The third kappa shape index (κ3) is 5.59. The van der Waals surface area contributed by atoms with Crippen LogP contribution in [0, 0.1) is 0 Å². The van der Waals surface area contributed by atoms with Gasteiger partial charge in [-0.2, -0.15) is 10.2 Å². The Kier molecular flexibility index (Phi) is 6.74. The van der Waals surface area contributed by atoms with Gasteiger partial charge in [0.25, 0.3) is 0 Å². The molecule has 3 heterocycles. The summed E-state index contributed by atoms with van der Waals surface area (Å²) >= 11 is 0. The van der Waals surface area contributed by atoms with E-state index in [2.05, 4.69) is 50.0 Å². The molecule has 9 nitrogen and oxygen atoms in total. The molecule has 160 valence electrons. The monoisotopic (exact) mass is 418 g/mol. The molecule has 0 fully saturated rings. The molecule has 0 aliphatic carbocycles. The van der Waals surface area contributed by atoms with Crippen molar-refractivity contribution < 1.29 is 4.42 Å². The summed E-state index contributed by atoms with van der Waals surface area (Å²) in [6, 6.07) is 13.9. The minimum absolute atomic E-state index is 0.564. The number of H-pyrrole nitrogens is 1. The first-order valence-corrected chi connectivity index (χ1v) is 10.3. The number of hydrogen-bond donors (Lipinski definition) is 3. The lowest BCUT2D eigenvalue weighted by molar-refractivity contribution is 0.577. The molecule has 9 heteroatoms. The molecular formula is C22H26N8O. The number of aromatic amines is 1. The van der Waals surface area contributed by atoms with Gasteiger partial charge in [0.2, 0.25) is 5.82 Å². The van der Waals surface area contributed by atoms with Crippen molar-refractivity contribution in [1.29, 1.82) is 0 Å². The second-order valence-corrected chi connectivity index (χ2v) is 6.93. The third-order valence-electron chi connectivity index (χ3n) is 4.69. The minimum Gasteiger partial charge on any atom is -0.461 e. The van der Waals surface area contributed by atoms with Gasteiger partial charge in [0.1, 0.15) is 5.82 Å². The molecule has 3 aromatic heterocycles. The SMILES string of the molecule is CCNC(=NCc1ccccc1Cn1cccn1)NCCc1nc(-c2ccco2)n[nH]1. The molecule has 3 N–H and O–H groups in total. The number of aliphatic imine (C=N–C) groups is 1. The van der Waals surface area contributed by atoms with Crippen molar-refractivity contribution in [3.05, 3.63) is 78.1 Å². The van der Waals surface area contributed by atoms with Crippen LogP contribution in [0.15, 0.2) is 70.5 Å². The highest BCUT2D eigenvalue weighted by Gasteiger charge is 2.08. The highest BCUT2D eigenvalue weighted by molar-refractivity contribution is 5.79. The molecule has 0 unspecified atom stereocenters. The first-order valence-electron chi connectivity index (χ1n) is 10.3. The summed E-state index contributed by atoms with van der Waals surface area (Å²) in [4.78, 5) is 9.22. The summed E-state index contributed by atoms with van der Waals surface area (Å²) in [5.41, 5.74) is 2.38. The number of aromatic nitrogens is 5. The Hall–Kier alpha value is -3.88. The van der Waals surface area contributed by atoms with Crippen LogP contribution in [0.4, 0.5) is 0 Å². The van der Waals surface area contributed by atoms with Gasteiger partial charge in [-0.3, -0.25) is 9.78 Å². The zero-order chi connectivity index (χ0) is 21.3. The van der Waals surface area contributed by atoms with Crippen molar-refractivity contribution in [2.75, 3.05) is 13.1 Å². The largest absolute Gasteiger partial charge is 0.461 e. The van der Waals surface area contributed by atoms with Crippen LogP contribution in [0.3, 0.4) is 0 Å². The van der Waals surface area contributed by atoms with E-state index in [-0.39, 0.29) is 0 Å². The van der Waals surface area contributed by atoms with Gasteiger partial charge in [0.05, 0.1) is 19.4 Å². The first-order chi connectivity index (χ1) is 15.3. The molecular weight excluding hydrogens is 392 g/mol. The number of furan rings is 1. The third-order valence-corrected chi connectivity index (χ3v) is 4.69. The molecule has 0 saturated heterocycles. The van der Waals surface area contributed by atoms with Crippen molar-refractivity contribution in [2.45, 2.75) is 26.4 Å². The lowest BCUT2D eigenvalue weighted by atomic mass is 10.1. The predicted molar refractivity (Wildman–Crippen MR) is 118 cm³/mol. The van der Waals surface area contributed by atoms with Crippen molar-refractivity contribution in [1.82, 2.24) is 35.6 Å². The summed E-state index contributed by atoms with van der Waals surface area (Å²) in [6.07, 6.45) is 6.06. The normalized spacial score (nSPS) is 11.6. The zero-order valence-corrected chi connectivity index (χ0v) is 17.5. The molecule has 0 spiro atoms. The van der Waals surface area contributed by atoms with Crippen LogP contribution in [0.2, 0.25) is 0 Å². The Morgan fingerprint density at radius 2 is 2.03 bits per heavy atom. The minimum atomic E-state index is 0.564. The Labute approximate surface area is 180 Å². The number of guanidine groups is 1. The molecule has 4 rings (SSSR count). The molecule has 0 saturated carbocycles. The first kappa shape index (κ1) is 20.4. The molecule has 4 aromatic rings. The Balaban J connectivity index is 1.34. The van der Waals surface area contributed by atoms with Crippen LogP contribution in [-0.4, -0.2) is 44.0 Å². The zero-order valence-electron chi connectivity index (χ0n) is 17.5. The van der Waals surface area contributed by atoms with Crippen LogP contribution >= 0.6 is 0 Å². The van der Waals surface area contributed by atoms with Crippen LogP contribution in [0.5, 0.6) is 0 Å². The van der Waals surface area contributed by atoms with Crippen molar-refractivity contribution in [2.24, 2.45) is 4.99 Å². The lowest BCUT2D eigenvalue weighted by Crippen LogP contribution is -2.38. The van der Waals surface area contributed by atoms with Crippen LogP contribution in [0.1, 0.15) is 23.9 Å². The Bertz CT molecular complexity index is 1080. The fourth-order valence-corrected chi connectivity index (χ4v) is 3.16. The van der Waals surface area contributed by atoms with E-state index in [0.717, 1.165) is 24.9 Å². The topological polar surface area (TPSA) is 109 Å². The Morgan fingerprint density at radius 1 is 1.13 bits per heavy atom. The van der Waals surface area contributed by atoms with E-state index < -0.39 is 0 Å². The van der Waals surface area contributed by atoms with E-state index in [9.17, 15) is 0 Å². The van der Waals surface area contributed by atoms with Gasteiger partial charge < -0.3 is 15.1 Å². The van der Waals surface area contributed by atoms with Crippen molar-refractivity contribution in [3.63, 3.8) is 0 Å².